The number of carbonyl (C=O) groups excluding carboxylic acids is 1. The molecule has 0 aromatic rings. The lowest BCUT2D eigenvalue weighted by Gasteiger charge is -2.32. The fourth-order valence-corrected chi connectivity index (χ4v) is 2.25. The minimum absolute atomic E-state index is 0.00926. The van der Waals surface area contributed by atoms with Crippen molar-refractivity contribution in [3.05, 3.63) is 0 Å². The quantitative estimate of drug-likeness (QED) is 0.674. The highest BCUT2D eigenvalue weighted by atomic mass is 16.4. The molecule has 2 rings (SSSR count). The van der Waals surface area contributed by atoms with E-state index in [0.29, 0.717) is 0 Å². The van der Waals surface area contributed by atoms with Crippen LogP contribution >= 0.6 is 0 Å². The number of hydrogen-bond acceptors (Lipinski definition) is 4. The van der Waals surface area contributed by atoms with Crippen LogP contribution < -0.4 is 5.32 Å². The number of aliphatic carboxylic acids is 1. The lowest BCUT2D eigenvalue weighted by atomic mass is 10.2. The predicted molar refractivity (Wildman–Crippen MR) is 66.2 cm³/mol. The molecule has 1 amide bonds. The molecule has 0 aromatic heterocycles. The van der Waals surface area contributed by atoms with Crippen molar-refractivity contribution in [2.24, 2.45) is 5.92 Å². The third-order valence-corrected chi connectivity index (χ3v) is 3.69. The molecule has 2 aliphatic rings. The average Bonchev–Trinajstić information content (AvgIpc) is 3.14. The smallest absolute Gasteiger partial charge is 0.320 e. The Morgan fingerprint density at radius 2 is 1.89 bits per heavy atom. The normalized spacial score (nSPS) is 22.8. The van der Waals surface area contributed by atoms with E-state index < -0.39 is 12.0 Å². The van der Waals surface area contributed by atoms with Gasteiger partial charge in [0, 0.05) is 26.2 Å². The molecule has 0 bridgehead atoms. The Bertz CT molecular complexity index is 323. The fraction of sp³-hybridized carbons (Fsp3) is 0.833. The number of carboxylic acids is 1. The molecular formula is C12H21N3O3. The van der Waals surface area contributed by atoms with Gasteiger partial charge in [-0.2, -0.15) is 0 Å². The van der Waals surface area contributed by atoms with Crippen LogP contribution in [-0.4, -0.2) is 72.6 Å². The molecule has 1 aliphatic heterocycles. The van der Waals surface area contributed by atoms with E-state index in [0.717, 1.165) is 39.0 Å². The molecule has 0 radical (unpaired) electrons. The van der Waals surface area contributed by atoms with Gasteiger partial charge >= 0.3 is 5.97 Å². The molecule has 1 saturated carbocycles. The third-order valence-electron chi connectivity index (χ3n) is 3.69. The lowest BCUT2D eigenvalue weighted by Crippen LogP contribution is -2.51. The van der Waals surface area contributed by atoms with Crippen molar-refractivity contribution in [1.82, 2.24) is 15.1 Å². The predicted octanol–water partition coefficient (Wildman–Crippen LogP) is -0.787. The van der Waals surface area contributed by atoms with E-state index in [-0.39, 0.29) is 18.4 Å². The van der Waals surface area contributed by atoms with Crippen LogP contribution in [-0.2, 0) is 9.59 Å². The minimum Gasteiger partial charge on any atom is -0.480 e. The number of hydrogen-bond donors (Lipinski definition) is 2. The summed E-state index contributed by atoms with van der Waals surface area (Å²) >= 11 is 0. The molecule has 0 spiro atoms. The van der Waals surface area contributed by atoms with Gasteiger partial charge in [-0.25, -0.2) is 0 Å². The van der Waals surface area contributed by atoms with Crippen LogP contribution in [0.15, 0.2) is 0 Å². The Morgan fingerprint density at radius 1 is 1.28 bits per heavy atom. The van der Waals surface area contributed by atoms with E-state index in [9.17, 15) is 9.59 Å². The van der Waals surface area contributed by atoms with E-state index in [4.69, 9.17) is 5.11 Å². The number of nitrogens with one attached hydrogen (secondary N) is 1. The summed E-state index contributed by atoms with van der Waals surface area (Å²) in [4.78, 5) is 26.9. The molecule has 1 heterocycles. The molecule has 1 atom stereocenters. The first-order chi connectivity index (χ1) is 8.58. The third kappa shape index (κ3) is 3.43. The largest absolute Gasteiger partial charge is 0.480 e. The monoisotopic (exact) mass is 255 g/mol. The van der Waals surface area contributed by atoms with Crippen LogP contribution in [0.3, 0.4) is 0 Å². The first-order valence-corrected chi connectivity index (χ1v) is 6.50. The number of carbonyl (C=O) groups is 2. The highest BCUT2D eigenvalue weighted by Crippen LogP contribution is 2.32. The van der Waals surface area contributed by atoms with Crippen LogP contribution in [0, 0.1) is 5.92 Å². The summed E-state index contributed by atoms with van der Waals surface area (Å²) in [5, 5.41) is 11.9. The molecule has 1 aliphatic carbocycles. The topological polar surface area (TPSA) is 72.9 Å². The summed E-state index contributed by atoms with van der Waals surface area (Å²) in [6.07, 6.45) is 1.90. The van der Waals surface area contributed by atoms with Gasteiger partial charge in [-0.05, 0) is 25.8 Å². The zero-order chi connectivity index (χ0) is 13.1. The first kappa shape index (κ1) is 13.3. The molecule has 0 aromatic carbocycles. The Kier molecular flexibility index (Phi) is 4.19. The number of rotatable bonds is 5. The summed E-state index contributed by atoms with van der Waals surface area (Å²) in [6, 6.07) is -0.554. The molecular weight excluding hydrogens is 234 g/mol. The number of nitrogens with zero attached hydrogens (tertiary/aromatic N) is 2. The summed E-state index contributed by atoms with van der Waals surface area (Å²) < 4.78 is 0. The van der Waals surface area contributed by atoms with Crippen molar-refractivity contribution >= 4 is 11.9 Å². The van der Waals surface area contributed by atoms with Crippen molar-refractivity contribution in [3.8, 4) is 0 Å². The molecule has 2 N–H and O–H groups in total. The van der Waals surface area contributed by atoms with E-state index in [1.165, 1.54) is 0 Å². The standard InChI is InChI=1S/C12H21N3O3/c1-14-4-6-15(7-5-14)10(16)8-13-11(12(17)18)9-2-3-9/h9,11,13H,2-8H2,1H3,(H,17,18). The van der Waals surface area contributed by atoms with Gasteiger partial charge in [0.2, 0.25) is 5.91 Å². The van der Waals surface area contributed by atoms with Crippen molar-refractivity contribution < 1.29 is 14.7 Å². The molecule has 1 saturated heterocycles. The van der Waals surface area contributed by atoms with Crippen LogP contribution in [0.1, 0.15) is 12.8 Å². The van der Waals surface area contributed by atoms with Crippen LogP contribution in [0.5, 0.6) is 0 Å². The van der Waals surface area contributed by atoms with Gasteiger partial charge < -0.3 is 14.9 Å². The summed E-state index contributed by atoms with van der Waals surface area (Å²) in [7, 11) is 2.04. The van der Waals surface area contributed by atoms with Gasteiger partial charge in [0.1, 0.15) is 6.04 Å². The zero-order valence-corrected chi connectivity index (χ0v) is 10.8. The second-order valence-electron chi connectivity index (χ2n) is 5.22. The van der Waals surface area contributed by atoms with Crippen molar-refractivity contribution in [2.75, 3.05) is 39.8 Å². The van der Waals surface area contributed by atoms with E-state index >= 15 is 0 Å². The van der Waals surface area contributed by atoms with E-state index in [1.54, 1.807) is 4.90 Å². The summed E-state index contributed by atoms with van der Waals surface area (Å²) in [5.41, 5.74) is 0. The van der Waals surface area contributed by atoms with Gasteiger partial charge in [-0.3, -0.25) is 14.9 Å². The number of piperazine rings is 1. The van der Waals surface area contributed by atoms with Crippen molar-refractivity contribution in [2.45, 2.75) is 18.9 Å². The number of amides is 1. The van der Waals surface area contributed by atoms with Crippen LogP contribution in [0.4, 0.5) is 0 Å². The highest BCUT2D eigenvalue weighted by Gasteiger charge is 2.36. The first-order valence-electron chi connectivity index (χ1n) is 6.50. The number of likely N-dealkylation sites (N-methyl/N-ethyl adjacent to an activating group) is 1. The van der Waals surface area contributed by atoms with Gasteiger partial charge in [0.25, 0.3) is 0 Å². The van der Waals surface area contributed by atoms with Crippen molar-refractivity contribution in [1.29, 1.82) is 0 Å². The van der Waals surface area contributed by atoms with Gasteiger partial charge in [0.15, 0.2) is 0 Å². The molecule has 6 heteroatoms. The summed E-state index contributed by atoms with van der Waals surface area (Å²) in [5.74, 6) is -0.624. The maximum atomic E-state index is 11.9. The minimum atomic E-state index is -0.844. The van der Waals surface area contributed by atoms with Gasteiger partial charge in [0.05, 0.1) is 6.54 Å². The van der Waals surface area contributed by atoms with Crippen LogP contribution in [0.25, 0.3) is 0 Å². The van der Waals surface area contributed by atoms with E-state index in [1.807, 2.05) is 7.05 Å². The lowest BCUT2D eigenvalue weighted by molar-refractivity contribution is -0.140. The Morgan fingerprint density at radius 3 is 2.39 bits per heavy atom. The van der Waals surface area contributed by atoms with Crippen LogP contribution in [0.2, 0.25) is 0 Å². The Hall–Kier alpha value is -1.14. The summed E-state index contributed by atoms with van der Waals surface area (Å²) in [6.45, 7) is 3.38. The molecule has 6 nitrogen and oxygen atoms in total. The average molecular weight is 255 g/mol. The number of carboxylic acid groups (broad SMARTS) is 1. The molecule has 18 heavy (non-hydrogen) atoms. The highest BCUT2D eigenvalue weighted by molar-refractivity contribution is 5.80. The molecule has 1 unspecified atom stereocenters. The van der Waals surface area contributed by atoms with E-state index in [2.05, 4.69) is 10.2 Å². The second kappa shape index (κ2) is 5.67. The molecule has 102 valence electrons. The fourth-order valence-electron chi connectivity index (χ4n) is 2.25. The van der Waals surface area contributed by atoms with Gasteiger partial charge in [-0.15, -0.1) is 0 Å². The van der Waals surface area contributed by atoms with Crippen molar-refractivity contribution in [3.63, 3.8) is 0 Å². The maximum absolute atomic E-state index is 11.9. The Balaban J connectivity index is 1.75. The molecule has 2 fully saturated rings. The second-order valence-corrected chi connectivity index (χ2v) is 5.22. The SMILES string of the molecule is CN1CCN(C(=O)CNC(C(=O)O)C2CC2)CC1. The maximum Gasteiger partial charge on any atom is 0.320 e. The zero-order valence-electron chi connectivity index (χ0n) is 10.8. The van der Waals surface area contributed by atoms with Gasteiger partial charge in [-0.1, -0.05) is 0 Å². The Labute approximate surface area is 107 Å².